The van der Waals surface area contributed by atoms with Crippen molar-refractivity contribution in [1.29, 1.82) is 0 Å². The summed E-state index contributed by atoms with van der Waals surface area (Å²) in [6.45, 7) is 6.62. The van der Waals surface area contributed by atoms with E-state index in [1.54, 1.807) is 20.8 Å². The topological polar surface area (TPSA) is 75.6 Å². The zero-order valence-corrected chi connectivity index (χ0v) is 14.2. The molecule has 0 aliphatic carbocycles. The Kier molecular flexibility index (Phi) is 5.39. The molecule has 1 aromatic rings. The van der Waals surface area contributed by atoms with Crippen LogP contribution in [0.4, 0.5) is 4.79 Å². The monoisotopic (exact) mass is 357 g/mol. The van der Waals surface area contributed by atoms with Crippen LogP contribution in [0.15, 0.2) is 28.7 Å². The Morgan fingerprint density at radius 2 is 1.90 bits per heavy atom. The van der Waals surface area contributed by atoms with Gasteiger partial charge < -0.3 is 15.2 Å². The molecule has 5 nitrogen and oxygen atoms in total. The molecular formula is C15H20BrNO4. The number of hydrogen-bond acceptors (Lipinski definition) is 3. The second kappa shape index (κ2) is 6.47. The van der Waals surface area contributed by atoms with Gasteiger partial charge in [0.15, 0.2) is 0 Å². The van der Waals surface area contributed by atoms with E-state index in [0.29, 0.717) is 0 Å². The third kappa shape index (κ3) is 5.75. The lowest BCUT2D eigenvalue weighted by Crippen LogP contribution is -2.54. The number of ether oxygens (including phenoxy) is 1. The van der Waals surface area contributed by atoms with E-state index in [9.17, 15) is 14.7 Å². The van der Waals surface area contributed by atoms with Crippen LogP contribution >= 0.6 is 15.9 Å². The zero-order valence-electron chi connectivity index (χ0n) is 12.6. The number of carboxylic acids is 1. The molecule has 0 aromatic heterocycles. The summed E-state index contributed by atoms with van der Waals surface area (Å²) in [5.74, 6) is -1.12. The first-order chi connectivity index (χ1) is 9.52. The number of carbonyl (C=O) groups is 2. The molecule has 1 atom stereocenters. The summed E-state index contributed by atoms with van der Waals surface area (Å²) in [5.41, 5.74) is -1.33. The smallest absolute Gasteiger partial charge is 0.408 e. The molecule has 1 rings (SSSR count). The molecule has 0 heterocycles. The predicted molar refractivity (Wildman–Crippen MR) is 83.3 cm³/mol. The van der Waals surface area contributed by atoms with E-state index in [0.717, 1.165) is 10.0 Å². The highest BCUT2D eigenvalue weighted by atomic mass is 79.9. The van der Waals surface area contributed by atoms with Crippen molar-refractivity contribution in [1.82, 2.24) is 5.32 Å². The first-order valence-electron chi connectivity index (χ1n) is 6.51. The van der Waals surface area contributed by atoms with Gasteiger partial charge in [-0.2, -0.15) is 0 Å². The maximum atomic E-state index is 11.8. The molecule has 0 saturated heterocycles. The molecule has 6 heteroatoms. The van der Waals surface area contributed by atoms with E-state index in [-0.39, 0.29) is 6.42 Å². The molecule has 21 heavy (non-hydrogen) atoms. The van der Waals surface area contributed by atoms with Crippen LogP contribution in [-0.2, 0) is 16.0 Å². The average molecular weight is 358 g/mol. The van der Waals surface area contributed by atoms with Crippen molar-refractivity contribution in [2.45, 2.75) is 45.3 Å². The lowest BCUT2D eigenvalue weighted by Gasteiger charge is -2.28. The van der Waals surface area contributed by atoms with Crippen LogP contribution in [0.25, 0.3) is 0 Å². The number of hydrogen-bond donors (Lipinski definition) is 2. The van der Waals surface area contributed by atoms with Crippen LogP contribution in [0, 0.1) is 0 Å². The lowest BCUT2D eigenvalue weighted by atomic mass is 9.93. The molecule has 1 unspecified atom stereocenters. The van der Waals surface area contributed by atoms with Crippen LogP contribution in [-0.4, -0.2) is 28.3 Å². The molecule has 0 bridgehead atoms. The summed E-state index contributed by atoms with van der Waals surface area (Å²) >= 11 is 3.34. The van der Waals surface area contributed by atoms with E-state index < -0.39 is 23.2 Å². The van der Waals surface area contributed by atoms with Gasteiger partial charge in [0.25, 0.3) is 0 Å². The van der Waals surface area contributed by atoms with Gasteiger partial charge in [0, 0.05) is 10.9 Å². The lowest BCUT2D eigenvalue weighted by molar-refractivity contribution is -0.144. The number of amides is 1. The molecule has 116 valence electrons. The second-order valence-electron chi connectivity index (χ2n) is 6.07. The number of alkyl carbamates (subject to hydrolysis) is 1. The third-order valence-corrected chi connectivity index (χ3v) is 3.19. The number of carboxylic acid groups (broad SMARTS) is 1. The number of rotatable bonds is 4. The van der Waals surface area contributed by atoms with Gasteiger partial charge >= 0.3 is 12.1 Å². The van der Waals surface area contributed by atoms with E-state index in [1.807, 2.05) is 24.3 Å². The second-order valence-corrected chi connectivity index (χ2v) is 6.99. The Morgan fingerprint density at radius 3 is 2.38 bits per heavy atom. The molecule has 0 aliphatic rings. The minimum atomic E-state index is -1.44. The zero-order chi connectivity index (χ0) is 16.3. The minimum Gasteiger partial charge on any atom is -0.480 e. The van der Waals surface area contributed by atoms with E-state index in [4.69, 9.17) is 4.74 Å². The van der Waals surface area contributed by atoms with Crippen LogP contribution in [0.5, 0.6) is 0 Å². The fourth-order valence-corrected chi connectivity index (χ4v) is 2.20. The van der Waals surface area contributed by atoms with Crippen molar-refractivity contribution in [2.75, 3.05) is 0 Å². The fourth-order valence-electron chi connectivity index (χ4n) is 1.76. The highest BCUT2D eigenvalue weighted by Crippen LogP contribution is 2.19. The molecule has 0 aliphatic heterocycles. The van der Waals surface area contributed by atoms with Gasteiger partial charge in [0.1, 0.15) is 11.1 Å². The Hall–Kier alpha value is -1.56. The molecule has 1 aromatic carbocycles. The predicted octanol–water partition coefficient (Wildman–Crippen LogP) is 3.36. The largest absolute Gasteiger partial charge is 0.480 e. The Morgan fingerprint density at radius 1 is 1.29 bits per heavy atom. The summed E-state index contributed by atoms with van der Waals surface area (Å²) < 4.78 is 5.97. The highest BCUT2D eigenvalue weighted by molar-refractivity contribution is 9.10. The van der Waals surface area contributed by atoms with Gasteiger partial charge in [-0.1, -0.05) is 28.1 Å². The van der Waals surface area contributed by atoms with Crippen LogP contribution in [0.1, 0.15) is 33.3 Å². The van der Waals surface area contributed by atoms with Gasteiger partial charge in [-0.3, -0.25) is 0 Å². The summed E-state index contributed by atoms with van der Waals surface area (Å²) in [6.07, 6.45) is -0.594. The van der Waals surface area contributed by atoms with Gasteiger partial charge in [0.2, 0.25) is 0 Å². The number of benzene rings is 1. The molecule has 2 N–H and O–H groups in total. The van der Waals surface area contributed by atoms with E-state index in [2.05, 4.69) is 21.2 Å². The quantitative estimate of drug-likeness (QED) is 0.866. The summed E-state index contributed by atoms with van der Waals surface area (Å²) in [5, 5.41) is 11.9. The summed E-state index contributed by atoms with van der Waals surface area (Å²) in [6, 6.07) is 7.29. The molecule has 0 spiro atoms. The van der Waals surface area contributed by atoms with Gasteiger partial charge in [0.05, 0.1) is 0 Å². The Balaban J connectivity index is 2.88. The minimum absolute atomic E-state index is 0.154. The third-order valence-electron chi connectivity index (χ3n) is 2.70. The molecule has 0 radical (unpaired) electrons. The van der Waals surface area contributed by atoms with Gasteiger partial charge in [-0.05, 0) is 45.4 Å². The SMILES string of the molecule is CC(C)(C)OC(=O)NC(C)(Cc1cccc(Br)c1)C(=O)O. The first-order valence-corrected chi connectivity index (χ1v) is 7.30. The van der Waals surface area contributed by atoms with Crippen molar-refractivity contribution >= 4 is 28.0 Å². The van der Waals surface area contributed by atoms with Gasteiger partial charge in [-0.15, -0.1) is 0 Å². The molecule has 1 amide bonds. The summed E-state index contributed by atoms with van der Waals surface area (Å²) in [7, 11) is 0. The molecule has 0 saturated carbocycles. The van der Waals surface area contributed by atoms with E-state index >= 15 is 0 Å². The maximum absolute atomic E-state index is 11.8. The summed E-state index contributed by atoms with van der Waals surface area (Å²) in [4.78, 5) is 23.4. The van der Waals surface area contributed by atoms with Crippen molar-refractivity contribution < 1.29 is 19.4 Å². The standard InChI is InChI=1S/C15H20BrNO4/c1-14(2,3)21-13(20)17-15(4,12(18)19)9-10-6-5-7-11(16)8-10/h5-8H,9H2,1-4H3,(H,17,20)(H,18,19). The van der Waals surface area contributed by atoms with E-state index in [1.165, 1.54) is 6.92 Å². The van der Waals surface area contributed by atoms with Crippen LogP contribution < -0.4 is 5.32 Å². The van der Waals surface area contributed by atoms with Crippen LogP contribution in [0.2, 0.25) is 0 Å². The van der Waals surface area contributed by atoms with Gasteiger partial charge in [-0.25, -0.2) is 9.59 Å². The normalized spacial score (nSPS) is 14.1. The number of halogens is 1. The number of nitrogens with one attached hydrogen (secondary N) is 1. The molecule has 0 fully saturated rings. The van der Waals surface area contributed by atoms with Crippen molar-refractivity contribution in [3.8, 4) is 0 Å². The highest BCUT2D eigenvalue weighted by Gasteiger charge is 2.36. The van der Waals surface area contributed by atoms with Crippen LogP contribution in [0.3, 0.4) is 0 Å². The first kappa shape index (κ1) is 17.5. The number of carbonyl (C=O) groups excluding carboxylic acids is 1. The fraction of sp³-hybridized carbons (Fsp3) is 0.467. The maximum Gasteiger partial charge on any atom is 0.408 e. The van der Waals surface area contributed by atoms with Crippen molar-refractivity contribution in [2.24, 2.45) is 0 Å². The number of aliphatic carboxylic acids is 1. The Bertz CT molecular complexity index is 539. The molecular weight excluding hydrogens is 338 g/mol. The average Bonchev–Trinajstić information content (AvgIpc) is 2.25. The van der Waals surface area contributed by atoms with Crippen molar-refractivity contribution in [3.63, 3.8) is 0 Å². The van der Waals surface area contributed by atoms with Crippen molar-refractivity contribution in [3.05, 3.63) is 34.3 Å². The Labute approximate surface area is 132 Å².